The van der Waals surface area contributed by atoms with Crippen LogP contribution in [0.5, 0.6) is 11.6 Å². The first-order valence-electron chi connectivity index (χ1n) is 14.0. The predicted molar refractivity (Wildman–Crippen MR) is 166 cm³/mol. The number of allylic oxidation sites excluding steroid dienone is 1. The Morgan fingerprint density at radius 2 is 1.80 bits per heavy atom. The Kier molecular flexibility index (Phi) is 9.29. The largest absolute Gasteiger partial charge is 0.438 e. The molecule has 1 saturated heterocycles. The van der Waals surface area contributed by atoms with Crippen LogP contribution >= 0.6 is 0 Å². The lowest BCUT2D eigenvalue weighted by Gasteiger charge is -2.32. The summed E-state index contributed by atoms with van der Waals surface area (Å²) in [4.78, 5) is 15.5. The molecule has 2 aromatic carbocycles. The number of nitrogens with two attached hydrogens (primary N) is 1. The van der Waals surface area contributed by atoms with E-state index in [1.807, 2.05) is 32.0 Å². The van der Waals surface area contributed by atoms with E-state index >= 15 is 0 Å². The van der Waals surface area contributed by atoms with Crippen LogP contribution in [0, 0.1) is 31.1 Å². The SMILES string of the molecule is Cc1cc(/C=C/C#N)cc(C)c1Oc1nc(NC2CCN(Cc3ccc(S(N)(=O)=O)cc3)CC2)ncc1-c1ccc(F)nc1. The molecule has 10 nitrogen and oxygen atoms in total. The second-order valence-corrected chi connectivity index (χ2v) is 12.3. The minimum atomic E-state index is -3.71. The molecule has 1 aliphatic heterocycles. The lowest BCUT2D eigenvalue weighted by atomic mass is 10.0. The summed E-state index contributed by atoms with van der Waals surface area (Å²) in [6.07, 6.45) is 7.94. The van der Waals surface area contributed by atoms with Gasteiger partial charge in [-0.05, 0) is 91.4 Å². The third-order valence-electron chi connectivity index (χ3n) is 7.40. The summed E-state index contributed by atoms with van der Waals surface area (Å²) in [7, 11) is -3.71. The number of piperidine rings is 1. The van der Waals surface area contributed by atoms with Crippen molar-refractivity contribution in [2.75, 3.05) is 18.4 Å². The summed E-state index contributed by atoms with van der Waals surface area (Å²) in [6.45, 7) is 6.22. The van der Waals surface area contributed by atoms with Gasteiger partial charge in [-0.2, -0.15) is 14.6 Å². The molecular weight excluding hydrogens is 581 g/mol. The molecule has 0 amide bonds. The van der Waals surface area contributed by atoms with Crippen molar-refractivity contribution in [3.05, 3.63) is 95.2 Å². The molecule has 0 aliphatic carbocycles. The number of nitrogens with zero attached hydrogens (tertiary/aromatic N) is 5. The van der Waals surface area contributed by atoms with Crippen molar-refractivity contribution in [1.29, 1.82) is 5.26 Å². The van der Waals surface area contributed by atoms with Crippen LogP contribution in [0.2, 0.25) is 0 Å². The Balaban J connectivity index is 1.31. The Morgan fingerprint density at radius 1 is 1.09 bits per heavy atom. The van der Waals surface area contributed by atoms with Crippen LogP contribution in [0.1, 0.15) is 35.1 Å². The second-order valence-electron chi connectivity index (χ2n) is 10.7. The zero-order valence-corrected chi connectivity index (χ0v) is 25.2. The molecule has 5 rings (SSSR count). The summed E-state index contributed by atoms with van der Waals surface area (Å²) in [5, 5.41) is 17.5. The molecule has 2 aromatic heterocycles. The number of nitriles is 1. The highest BCUT2D eigenvalue weighted by atomic mass is 32.2. The van der Waals surface area contributed by atoms with Crippen LogP contribution in [0.25, 0.3) is 17.2 Å². The van der Waals surface area contributed by atoms with Gasteiger partial charge in [0.25, 0.3) is 0 Å². The Labute approximate surface area is 256 Å². The van der Waals surface area contributed by atoms with E-state index in [-0.39, 0.29) is 10.9 Å². The average Bonchev–Trinajstić information content (AvgIpc) is 2.99. The molecule has 44 heavy (non-hydrogen) atoms. The Hall–Kier alpha value is -4.70. The van der Waals surface area contributed by atoms with E-state index in [0.717, 1.165) is 48.2 Å². The maximum absolute atomic E-state index is 13.6. The van der Waals surface area contributed by atoms with Crippen LogP contribution in [0.3, 0.4) is 0 Å². The highest BCUT2D eigenvalue weighted by molar-refractivity contribution is 7.89. The van der Waals surface area contributed by atoms with Crippen molar-refractivity contribution < 1.29 is 17.5 Å². The van der Waals surface area contributed by atoms with E-state index in [1.165, 1.54) is 30.5 Å². The number of primary sulfonamides is 1. The van der Waals surface area contributed by atoms with Crippen molar-refractivity contribution in [1.82, 2.24) is 19.9 Å². The molecule has 0 radical (unpaired) electrons. The maximum atomic E-state index is 13.6. The molecule has 0 spiro atoms. The number of benzene rings is 2. The van der Waals surface area contributed by atoms with Crippen molar-refractivity contribution in [2.45, 2.75) is 44.2 Å². The lowest BCUT2D eigenvalue weighted by Crippen LogP contribution is -2.39. The van der Waals surface area contributed by atoms with Crippen molar-refractivity contribution >= 4 is 22.0 Å². The van der Waals surface area contributed by atoms with Gasteiger partial charge < -0.3 is 10.1 Å². The predicted octanol–water partition coefficient (Wildman–Crippen LogP) is 5.35. The molecule has 3 N–H and O–H groups in total. The first kappa shape index (κ1) is 30.7. The van der Waals surface area contributed by atoms with Gasteiger partial charge >= 0.3 is 0 Å². The van der Waals surface area contributed by atoms with Crippen molar-refractivity contribution in [2.24, 2.45) is 5.14 Å². The van der Waals surface area contributed by atoms with E-state index in [4.69, 9.17) is 20.1 Å². The summed E-state index contributed by atoms with van der Waals surface area (Å²) < 4.78 is 43.0. The Bertz CT molecular complexity index is 1790. The van der Waals surface area contributed by atoms with E-state index < -0.39 is 16.0 Å². The highest BCUT2D eigenvalue weighted by Crippen LogP contribution is 2.36. The molecule has 1 aliphatic rings. The number of nitrogens with one attached hydrogen (secondary N) is 1. The molecule has 3 heterocycles. The molecule has 4 aromatic rings. The number of halogens is 1. The van der Waals surface area contributed by atoms with Crippen molar-refractivity contribution in [3.8, 4) is 28.8 Å². The molecule has 12 heteroatoms. The zero-order chi connectivity index (χ0) is 31.3. The number of aryl methyl sites for hydroxylation is 2. The van der Waals surface area contributed by atoms with Crippen LogP contribution in [0.15, 0.2) is 71.9 Å². The smallest absolute Gasteiger partial charge is 0.238 e. The van der Waals surface area contributed by atoms with Crippen LogP contribution in [-0.2, 0) is 16.6 Å². The fraction of sp³-hybridized carbons (Fsp3) is 0.250. The summed E-state index contributed by atoms with van der Waals surface area (Å²) in [6, 6.07) is 15.5. The minimum absolute atomic E-state index is 0.101. The molecule has 0 unspecified atom stereocenters. The third kappa shape index (κ3) is 7.62. The topological polar surface area (TPSA) is 147 Å². The van der Waals surface area contributed by atoms with Gasteiger partial charge in [-0.3, -0.25) is 4.90 Å². The molecular formula is C32H32FN7O3S. The fourth-order valence-corrected chi connectivity index (χ4v) is 5.69. The second kappa shape index (κ2) is 13.3. The van der Waals surface area contributed by atoms with Gasteiger partial charge in [-0.15, -0.1) is 0 Å². The number of pyridine rings is 1. The number of ether oxygens (including phenoxy) is 1. The van der Waals surface area contributed by atoms with Gasteiger partial charge in [0.1, 0.15) is 5.75 Å². The Morgan fingerprint density at radius 3 is 2.41 bits per heavy atom. The lowest BCUT2D eigenvalue weighted by molar-refractivity contribution is 0.211. The van der Waals surface area contributed by atoms with Crippen LogP contribution in [0.4, 0.5) is 10.3 Å². The standard InChI is InChI=1S/C32H32FN7O3S/c1-21-16-24(4-3-13-34)17-22(2)30(21)43-31-28(25-7-10-29(33)36-18-25)19-37-32(39-31)38-26-11-14-40(15-12-26)20-23-5-8-27(9-6-23)44(35,41)42/h3-10,16-19,26H,11-12,14-15,20H2,1-2H3,(H2,35,41,42)(H,37,38,39)/b4-3+. The molecule has 1 fully saturated rings. The molecule has 0 atom stereocenters. The summed E-state index contributed by atoms with van der Waals surface area (Å²) in [5.74, 6) is 0.767. The first-order chi connectivity index (χ1) is 21.1. The normalized spacial score (nSPS) is 14.4. The number of rotatable bonds is 9. The van der Waals surface area contributed by atoms with E-state index in [2.05, 4.69) is 20.2 Å². The third-order valence-corrected chi connectivity index (χ3v) is 8.33. The van der Waals surface area contributed by atoms with Gasteiger partial charge in [-0.1, -0.05) is 12.1 Å². The first-order valence-corrected chi connectivity index (χ1v) is 15.6. The number of aromatic nitrogens is 3. The van der Waals surface area contributed by atoms with Crippen molar-refractivity contribution in [3.63, 3.8) is 0 Å². The van der Waals surface area contributed by atoms with Gasteiger partial charge in [0.15, 0.2) is 0 Å². The number of sulfonamides is 1. The minimum Gasteiger partial charge on any atom is -0.438 e. The van der Waals surface area contributed by atoms with Gasteiger partial charge in [0.2, 0.25) is 27.8 Å². The average molecular weight is 614 g/mol. The van der Waals surface area contributed by atoms with Crippen LogP contribution < -0.4 is 15.2 Å². The number of anilines is 1. The summed E-state index contributed by atoms with van der Waals surface area (Å²) in [5.41, 5.74) is 4.81. The van der Waals surface area contributed by atoms with Gasteiger partial charge in [0.05, 0.1) is 16.5 Å². The molecule has 0 bridgehead atoms. The quantitative estimate of drug-likeness (QED) is 0.188. The highest BCUT2D eigenvalue weighted by Gasteiger charge is 2.22. The number of likely N-dealkylation sites (tertiary alicyclic amines) is 1. The maximum Gasteiger partial charge on any atom is 0.238 e. The van der Waals surface area contributed by atoms with Gasteiger partial charge in [0, 0.05) is 49.7 Å². The van der Waals surface area contributed by atoms with E-state index in [0.29, 0.717) is 35.2 Å². The number of hydrogen-bond acceptors (Lipinski definition) is 9. The molecule has 0 saturated carbocycles. The van der Waals surface area contributed by atoms with Crippen LogP contribution in [-0.4, -0.2) is 47.4 Å². The van der Waals surface area contributed by atoms with E-state index in [9.17, 15) is 12.8 Å². The zero-order valence-electron chi connectivity index (χ0n) is 24.4. The van der Waals surface area contributed by atoms with Gasteiger partial charge in [-0.25, -0.2) is 23.5 Å². The number of hydrogen-bond donors (Lipinski definition) is 2. The fourth-order valence-electron chi connectivity index (χ4n) is 5.18. The molecule has 226 valence electrons. The monoisotopic (exact) mass is 613 g/mol. The summed E-state index contributed by atoms with van der Waals surface area (Å²) >= 11 is 0. The van der Waals surface area contributed by atoms with E-state index in [1.54, 1.807) is 30.5 Å².